The highest BCUT2D eigenvalue weighted by Crippen LogP contribution is 2.46. The number of carbonyl (C=O) groups is 1. The molecule has 20 heavy (non-hydrogen) atoms. The Morgan fingerprint density at radius 1 is 1.30 bits per heavy atom. The Balaban J connectivity index is 1.89. The number of nitrogens with one attached hydrogen (secondary N) is 1. The van der Waals surface area contributed by atoms with Crippen LogP contribution in [0.1, 0.15) is 51.8 Å². The van der Waals surface area contributed by atoms with Crippen molar-refractivity contribution in [2.45, 2.75) is 51.7 Å². The molecule has 1 unspecified atom stereocenters. The van der Waals surface area contributed by atoms with Crippen LogP contribution in [0.2, 0.25) is 0 Å². The van der Waals surface area contributed by atoms with Gasteiger partial charge in [0.2, 0.25) is 5.91 Å². The molecule has 1 heterocycles. The molecule has 0 aromatic heterocycles. The van der Waals surface area contributed by atoms with Gasteiger partial charge in [-0.15, -0.1) is 0 Å². The zero-order valence-electron chi connectivity index (χ0n) is 12.6. The predicted molar refractivity (Wildman–Crippen MR) is 80.1 cm³/mol. The van der Waals surface area contributed by atoms with Crippen LogP contribution in [-0.4, -0.2) is 22.9 Å². The molecule has 0 bridgehead atoms. The average Bonchev–Trinajstić information content (AvgIpc) is 3.19. The maximum Gasteiger partial charge on any atom is 0.244 e. The van der Waals surface area contributed by atoms with E-state index in [1.807, 2.05) is 18.2 Å². The summed E-state index contributed by atoms with van der Waals surface area (Å²) < 4.78 is 0. The third-order valence-corrected chi connectivity index (χ3v) is 4.82. The largest absolute Gasteiger partial charge is 0.321 e. The number of nitrogens with zero attached hydrogens (tertiary/aromatic N) is 1. The van der Waals surface area contributed by atoms with Gasteiger partial charge in [-0.05, 0) is 30.2 Å². The van der Waals surface area contributed by atoms with E-state index in [-0.39, 0.29) is 17.1 Å². The smallest absolute Gasteiger partial charge is 0.244 e. The van der Waals surface area contributed by atoms with Crippen LogP contribution in [0.4, 0.5) is 0 Å². The van der Waals surface area contributed by atoms with E-state index >= 15 is 0 Å². The molecule has 1 saturated carbocycles. The zero-order valence-corrected chi connectivity index (χ0v) is 12.6. The molecule has 1 saturated heterocycles. The molecular weight excluding hydrogens is 248 g/mol. The molecule has 2 fully saturated rings. The van der Waals surface area contributed by atoms with Gasteiger partial charge >= 0.3 is 0 Å². The summed E-state index contributed by atoms with van der Waals surface area (Å²) >= 11 is 0. The first-order valence-electron chi connectivity index (χ1n) is 7.61. The van der Waals surface area contributed by atoms with Gasteiger partial charge in [-0.1, -0.05) is 51.1 Å². The van der Waals surface area contributed by atoms with Gasteiger partial charge < -0.3 is 4.90 Å². The maximum atomic E-state index is 12.7. The Hall–Kier alpha value is -1.35. The standard InChI is InChI=1S/C17H24N2O/c1-4-16(2,3)12-19-14(13-8-6-5-7-9-13)18-17(10-11-17)15(19)20/h5-9,14,18H,4,10-12H2,1-3H3. The lowest BCUT2D eigenvalue weighted by Gasteiger charge is -2.33. The van der Waals surface area contributed by atoms with Gasteiger partial charge in [0, 0.05) is 6.54 Å². The van der Waals surface area contributed by atoms with Crippen LogP contribution < -0.4 is 5.32 Å². The van der Waals surface area contributed by atoms with Gasteiger partial charge in [0.1, 0.15) is 11.7 Å². The number of rotatable bonds is 4. The van der Waals surface area contributed by atoms with Crippen LogP contribution in [0.25, 0.3) is 0 Å². The van der Waals surface area contributed by atoms with E-state index in [0.29, 0.717) is 5.91 Å². The van der Waals surface area contributed by atoms with E-state index in [4.69, 9.17) is 0 Å². The number of benzene rings is 1. The van der Waals surface area contributed by atoms with Gasteiger partial charge in [-0.3, -0.25) is 10.1 Å². The van der Waals surface area contributed by atoms with Crippen LogP contribution in [0.3, 0.4) is 0 Å². The summed E-state index contributed by atoms with van der Waals surface area (Å²) in [5.41, 5.74) is 1.10. The molecule has 3 heteroatoms. The van der Waals surface area contributed by atoms with Crippen LogP contribution in [-0.2, 0) is 4.79 Å². The summed E-state index contributed by atoms with van der Waals surface area (Å²) in [5.74, 6) is 0.299. The average molecular weight is 272 g/mol. The van der Waals surface area contributed by atoms with E-state index in [9.17, 15) is 4.79 Å². The summed E-state index contributed by atoms with van der Waals surface area (Å²) in [4.78, 5) is 14.8. The number of carbonyl (C=O) groups excluding carboxylic acids is 1. The molecule has 1 atom stereocenters. The Labute approximate surface area is 121 Å². The van der Waals surface area contributed by atoms with Crippen molar-refractivity contribution in [3.05, 3.63) is 35.9 Å². The summed E-state index contributed by atoms with van der Waals surface area (Å²) in [6.07, 6.45) is 3.08. The molecule has 1 amide bonds. The minimum absolute atomic E-state index is 0.0389. The summed E-state index contributed by atoms with van der Waals surface area (Å²) in [6, 6.07) is 10.3. The molecule has 2 aliphatic rings. The fourth-order valence-corrected chi connectivity index (χ4v) is 2.91. The van der Waals surface area contributed by atoms with Crippen molar-refractivity contribution >= 4 is 5.91 Å². The Morgan fingerprint density at radius 3 is 2.50 bits per heavy atom. The second kappa shape index (κ2) is 4.59. The monoisotopic (exact) mass is 272 g/mol. The Kier molecular flexibility index (Phi) is 3.13. The fourth-order valence-electron chi connectivity index (χ4n) is 2.91. The molecule has 108 valence electrons. The molecule has 1 spiro atoms. The lowest BCUT2D eigenvalue weighted by atomic mass is 9.89. The lowest BCUT2D eigenvalue weighted by Crippen LogP contribution is -2.38. The van der Waals surface area contributed by atoms with Crippen molar-refractivity contribution in [1.29, 1.82) is 0 Å². The van der Waals surface area contributed by atoms with Crippen LogP contribution in [0.5, 0.6) is 0 Å². The normalized spacial score (nSPS) is 24.4. The fraction of sp³-hybridized carbons (Fsp3) is 0.588. The van der Waals surface area contributed by atoms with Crippen LogP contribution in [0.15, 0.2) is 30.3 Å². The zero-order chi connectivity index (χ0) is 14.4. The quantitative estimate of drug-likeness (QED) is 0.913. The van der Waals surface area contributed by atoms with Crippen LogP contribution in [0, 0.1) is 5.41 Å². The lowest BCUT2D eigenvalue weighted by molar-refractivity contribution is -0.132. The topological polar surface area (TPSA) is 32.3 Å². The van der Waals surface area contributed by atoms with E-state index in [1.165, 1.54) is 5.56 Å². The minimum Gasteiger partial charge on any atom is -0.321 e. The second-order valence-electron chi connectivity index (χ2n) is 6.99. The Morgan fingerprint density at radius 2 is 1.95 bits per heavy atom. The van der Waals surface area contributed by atoms with Crippen molar-refractivity contribution in [3.63, 3.8) is 0 Å². The molecular formula is C17H24N2O. The first-order valence-corrected chi connectivity index (χ1v) is 7.61. The Bertz CT molecular complexity index is 505. The van der Waals surface area contributed by atoms with Gasteiger partial charge in [-0.2, -0.15) is 0 Å². The third kappa shape index (κ3) is 2.24. The van der Waals surface area contributed by atoms with Crippen molar-refractivity contribution in [1.82, 2.24) is 10.2 Å². The minimum atomic E-state index is -0.246. The second-order valence-corrected chi connectivity index (χ2v) is 6.99. The van der Waals surface area contributed by atoms with Gasteiger partial charge in [0.25, 0.3) is 0 Å². The first kappa shape index (κ1) is 13.6. The molecule has 1 N–H and O–H groups in total. The predicted octanol–water partition coefficient (Wildman–Crippen LogP) is 3.09. The molecule has 1 aliphatic heterocycles. The highest BCUT2D eigenvalue weighted by Gasteiger charge is 2.59. The summed E-state index contributed by atoms with van der Waals surface area (Å²) in [5, 5.41) is 3.58. The van der Waals surface area contributed by atoms with Crippen molar-refractivity contribution in [3.8, 4) is 0 Å². The molecule has 3 rings (SSSR count). The van der Waals surface area contributed by atoms with E-state index in [0.717, 1.165) is 25.8 Å². The van der Waals surface area contributed by atoms with Crippen LogP contribution >= 0.6 is 0 Å². The van der Waals surface area contributed by atoms with E-state index in [2.05, 4.69) is 43.1 Å². The highest BCUT2D eigenvalue weighted by atomic mass is 16.2. The van der Waals surface area contributed by atoms with E-state index in [1.54, 1.807) is 0 Å². The molecule has 1 aliphatic carbocycles. The van der Waals surface area contributed by atoms with Crippen molar-refractivity contribution < 1.29 is 4.79 Å². The van der Waals surface area contributed by atoms with Crippen molar-refractivity contribution in [2.75, 3.05) is 6.54 Å². The first-order chi connectivity index (χ1) is 9.47. The van der Waals surface area contributed by atoms with Gasteiger partial charge in [-0.25, -0.2) is 0 Å². The third-order valence-electron chi connectivity index (χ3n) is 4.82. The van der Waals surface area contributed by atoms with E-state index < -0.39 is 0 Å². The molecule has 0 radical (unpaired) electrons. The molecule has 1 aromatic carbocycles. The molecule has 1 aromatic rings. The number of hydrogen-bond donors (Lipinski definition) is 1. The SMILES string of the molecule is CCC(C)(C)CN1C(=O)C2(CC2)NC1c1ccccc1. The highest BCUT2D eigenvalue weighted by molar-refractivity contribution is 5.92. The van der Waals surface area contributed by atoms with Gasteiger partial charge in [0.15, 0.2) is 0 Å². The van der Waals surface area contributed by atoms with Gasteiger partial charge in [0.05, 0.1) is 0 Å². The van der Waals surface area contributed by atoms with Crippen molar-refractivity contribution in [2.24, 2.45) is 5.41 Å². The summed E-state index contributed by atoms with van der Waals surface area (Å²) in [6.45, 7) is 7.48. The number of hydrogen-bond acceptors (Lipinski definition) is 2. The number of amides is 1. The summed E-state index contributed by atoms with van der Waals surface area (Å²) in [7, 11) is 0. The maximum absolute atomic E-state index is 12.7. The molecule has 3 nitrogen and oxygen atoms in total.